The Bertz CT molecular complexity index is 363. The summed E-state index contributed by atoms with van der Waals surface area (Å²) >= 11 is 0. The molecule has 0 atom stereocenters. The van der Waals surface area contributed by atoms with Crippen LogP contribution in [-0.2, 0) is 4.79 Å². The Morgan fingerprint density at radius 3 is 2.50 bits per heavy atom. The molecule has 16 heavy (non-hydrogen) atoms. The molecule has 1 aromatic rings. The second-order valence-electron chi connectivity index (χ2n) is 4.40. The summed E-state index contributed by atoms with van der Waals surface area (Å²) in [5, 5.41) is 0. The minimum Gasteiger partial charge on any atom is -0.399 e. The number of anilines is 1. The summed E-state index contributed by atoms with van der Waals surface area (Å²) in [6.07, 6.45) is 5.06. The van der Waals surface area contributed by atoms with E-state index in [1.807, 2.05) is 30.3 Å². The number of rotatable bonds is 5. The SMILES string of the molecule is CC(C)CCC(=O)/C=C/c1ccc(N)cc1. The highest BCUT2D eigenvalue weighted by molar-refractivity contribution is 5.93. The van der Waals surface area contributed by atoms with Crippen LogP contribution >= 0.6 is 0 Å². The summed E-state index contributed by atoms with van der Waals surface area (Å²) in [4.78, 5) is 11.5. The second-order valence-corrected chi connectivity index (χ2v) is 4.40. The van der Waals surface area contributed by atoms with Gasteiger partial charge in [-0.25, -0.2) is 0 Å². The van der Waals surface area contributed by atoms with E-state index >= 15 is 0 Å². The Morgan fingerprint density at radius 1 is 1.31 bits per heavy atom. The smallest absolute Gasteiger partial charge is 0.155 e. The maximum absolute atomic E-state index is 11.5. The predicted octanol–water partition coefficient (Wildman–Crippen LogP) is 3.29. The first kappa shape index (κ1) is 12.5. The maximum atomic E-state index is 11.5. The lowest BCUT2D eigenvalue weighted by Gasteiger charge is -2.00. The Kier molecular flexibility index (Phi) is 4.77. The van der Waals surface area contributed by atoms with Crippen molar-refractivity contribution in [1.82, 2.24) is 0 Å². The number of nitrogens with two attached hydrogens (primary N) is 1. The van der Waals surface area contributed by atoms with Gasteiger partial charge in [0, 0.05) is 12.1 Å². The molecule has 0 unspecified atom stereocenters. The van der Waals surface area contributed by atoms with Crippen LogP contribution in [0.5, 0.6) is 0 Å². The third-order valence-electron chi connectivity index (χ3n) is 2.37. The number of nitrogen functional groups attached to an aromatic ring is 1. The molecule has 0 spiro atoms. The van der Waals surface area contributed by atoms with Gasteiger partial charge in [0.15, 0.2) is 5.78 Å². The summed E-state index contributed by atoms with van der Waals surface area (Å²) in [5.74, 6) is 0.763. The van der Waals surface area contributed by atoms with Crippen molar-refractivity contribution >= 4 is 17.5 Å². The molecule has 1 aromatic carbocycles. The lowest BCUT2D eigenvalue weighted by atomic mass is 10.1. The van der Waals surface area contributed by atoms with E-state index in [9.17, 15) is 4.79 Å². The zero-order valence-corrected chi connectivity index (χ0v) is 9.94. The Hall–Kier alpha value is -1.57. The van der Waals surface area contributed by atoms with E-state index < -0.39 is 0 Å². The maximum Gasteiger partial charge on any atom is 0.155 e. The minimum atomic E-state index is 0.186. The molecule has 0 heterocycles. The van der Waals surface area contributed by atoms with Crippen molar-refractivity contribution in [3.8, 4) is 0 Å². The number of ketones is 1. The molecule has 2 N–H and O–H groups in total. The fourth-order valence-electron chi connectivity index (χ4n) is 1.31. The highest BCUT2D eigenvalue weighted by Crippen LogP contribution is 2.08. The van der Waals surface area contributed by atoms with Gasteiger partial charge in [-0.3, -0.25) is 4.79 Å². The normalized spacial score (nSPS) is 11.2. The van der Waals surface area contributed by atoms with Crippen LogP contribution in [-0.4, -0.2) is 5.78 Å². The van der Waals surface area contributed by atoms with Crippen molar-refractivity contribution in [2.45, 2.75) is 26.7 Å². The molecule has 0 amide bonds. The number of hydrogen-bond acceptors (Lipinski definition) is 2. The van der Waals surface area contributed by atoms with E-state index in [0.29, 0.717) is 12.3 Å². The van der Waals surface area contributed by atoms with Crippen molar-refractivity contribution in [1.29, 1.82) is 0 Å². The van der Waals surface area contributed by atoms with Crippen LogP contribution in [0.2, 0.25) is 0 Å². The van der Waals surface area contributed by atoms with Crippen molar-refractivity contribution < 1.29 is 4.79 Å². The van der Waals surface area contributed by atoms with Crippen molar-refractivity contribution in [3.05, 3.63) is 35.9 Å². The van der Waals surface area contributed by atoms with Gasteiger partial charge in [0.2, 0.25) is 0 Å². The molecule has 0 aromatic heterocycles. The minimum absolute atomic E-state index is 0.186. The van der Waals surface area contributed by atoms with E-state index in [4.69, 9.17) is 5.73 Å². The van der Waals surface area contributed by atoms with Gasteiger partial charge >= 0.3 is 0 Å². The third-order valence-corrected chi connectivity index (χ3v) is 2.37. The zero-order chi connectivity index (χ0) is 12.0. The molecule has 0 aliphatic carbocycles. The highest BCUT2D eigenvalue weighted by Gasteiger charge is 1.99. The average Bonchev–Trinajstić information content (AvgIpc) is 2.25. The van der Waals surface area contributed by atoms with Crippen LogP contribution in [0, 0.1) is 5.92 Å². The van der Waals surface area contributed by atoms with Gasteiger partial charge in [0.25, 0.3) is 0 Å². The number of benzene rings is 1. The topological polar surface area (TPSA) is 43.1 Å². The fraction of sp³-hybridized carbons (Fsp3) is 0.357. The first-order valence-corrected chi connectivity index (χ1v) is 5.64. The van der Waals surface area contributed by atoms with Gasteiger partial charge in [-0.2, -0.15) is 0 Å². The van der Waals surface area contributed by atoms with Gasteiger partial charge in [0.1, 0.15) is 0 Å². The molecule has 0 bridgehead atoms. The first-order valence-electron chi connectivity index (χ1n) is 5.64. The number of carbonyl (C=O) groups excluding carboxylic acids is 1. The molecule has 0 saturated heterocycles. The van der Waals surface area contributed by atoms with Crippen LogP contribution in [0.3, 0.4) is 0 Å². The van der Waals surface area contributed by atoms with Crippen LogP contribution < -0.4 is 5.73 Å². The van der Waals surface area contributed by atoms with Gasteiger partial charge in [-0.15, -0.1) is 0 Å². The highest BCUT2D eigenvalue weighted by atomic mass is 16.1. The largest absolute Gasteiger partial charge is 0.399 e. The summed E-state index contributed by atoms with van der Waals surface area (Å²) in [5.41, 5.74) is 7.32. The predicted molar refractivity (Wildman–Crippen MR) is 69.0 cm³/mol. The number of hydrogen-bond donors (Lipinski definition) is 1. The molecular formula is C14H19NO. The fourth-order valence-corrected chi connectivity index (χ4v) is 1.31. The number of carbonyl (C=O) groups is 1. The summed E-state index contributed by atoms with van der Waals surface area (Å²) in [6.45, 7) is 4.24. The van der Waals surface area contributed by atoms with Crippen molar-refractivity contribution in [2.24, 2.45) is 5.92 Å². The monoisotopic (exact) mass is 217 g/mol. The molecule has 86 valence electrons. The third kappa shape index (κ3) is 4.78. The van der Waals surface area contributed by atoms with Crippen LogP contribution in [0.15, 0.2) is 30.3 Å². The average molecular weight is 217 g/mol. The van der Waals surface area contributed by atoms with E-state index in [-0.39, 0.29) is 5.78 Å². The molecular weight excluding hydrogens is 198 g/mol. The first-order chi connectivity index (χ1) is 7.58. The summed E-state index contributed by atoms with van der Waals surface area (Å²) in [6, 6.07) is 7.47. The van der Waals surface area contributed by atoms with E-state index in [0.717, 1.165) is 17.7 Å². The molecule has 0 radical (unpaired) electrons. The summed E-state index contributed by atoms with van der Waals surface area (Å²) in [7, 11) is 0. The van der Waals surface area contributed by atoms with Crippen molar-refractivity contribution in [3.63, 3.8) is 0 Å². The van der Waals surface area contributed by atoms with Gasteiger partial charge in [-0.05, 0) is 36.1 Å². The van der Waals surface area contributed by atoms with Crippen LogP contribution in [0.1, 0.15) is 32.3 Å². The molecule has 2 heteroatoms. The van der Waals surface area contributed by atoms with E-state index in [1.54, 1.807) is 6.08 Å². The molecule has 1 rings (SSSR count). The lowest BCUT2D eigenvalue weighted by molar-refractivity contribution is -0.114. The Morgan fingerprint density at radius 2 is 1.94 bits per heavy atom. The van der Waals surface area contributed by atoms with Gasteiger partial charge in [-0.1, -0.05) is 32.1 Å². The standard InChI is InChI=1S/C14H19NO/c1-11(2)3-9-14(16)10-6-12-4-7-13(15)8-5-12/h4-8,10-11H,3,9,15H2,1-2H3/b10-6+. The molecule has 0 aliphatic rings. The van der Waals surface area contributed by atoms with Crippen LogP contribution in [0.4, 0.5) is 5.69 Å². The number of allylic oxidation sites excluding steroid dienone is 1. The molecule has 2 nitrogen and oxygen atoms in total. The second kappa shape index (κ2) is 6.11. The zero-order valence-electron chi connectivity index (χ0n) is 9.94. The Labute approximate surface area is 97.2 Å². The molecule has 0 saturated carbocycles. The Balaban J connectivity index is 2.47. The van der Waals surface area contributed by atoms with E-state index in [2.05, 4.69) is 13.8 Å². The van der Waals surface area contributed by atoms with Crippen molar-refractivity contribution in [2.75, 3.05) is 5.73 Å². The quantitative estimate of drug-likeness (QED) is 0.607. The molecule has 0 fully saturated rings. The lowest BCUT2D eigenvalue weighted by Crippen LogP contribution is -1.96. The molecule has 0 aliphatic heterocycles. The summed E-state index contributed by atoms with van der Waals surface area (Å²) < 4.78 is 0. The van der Waals surface area contributed by atoms with Gasteiger partial charge in [0.05, 0.1) is 0 Å². The van der Waals surface area contributed by atoms with E-state index in [1.165, 1.54) is 0 Å². The van der Waals surface area contributed by atoms with Crippen LogP contribution in [0.25, 0.3) is 6.08 Å². The van der Waals surface area contributed by atoms with Gasteiger partial charge < -0.3 is 5.73 Å².